The van der Waals surface area contributed by atoms with Gasteiger partial charge in [0.05, 0.1) is 6.10 Å². The molecule has 3 rings (SSSR count). The molecular formula is C19H21NO2. The fourth-order valence-corrected chi connectivity index (χ4v) is 2.89. The zero-order valence-electron chi connectivity index (χ0n) is 13.0. The minimum absolute atomic E-state index is 0.0769. The molecule has 0 bridgehead atoms. The summed E-state index contributed by atoms with van der Waals surface area (Å²) in [5.74, 6) is 0.0769. The minimum Gasteiger partial charge on any atom is -0.389 e. The minimum atomic E-state index is -0.478. The van der Waals surface area contributed by atoms with Crippen molar-refractivity contribution in [2.45, 2.75) is 32.9 Å². The topological polar surface area (TPSA) is 40.5 Å². The van der Waals surface area contributed by atoms with Crippen molar-refractivity contribution in [2.24, 2.45) is 0 Å². The second-order valence-corrected chi connectivity index (χ2v) is 6.05. The maximum absolute atomic E-state index is 12.6. The number of hydrogen-bond donors (Lipinski definition) is 1. The predicted molar refractivity (Wildman–Crippen MR) is 86.7 cm³/mol. The highest BCUT2D eigenvalue weighted by molar-refractivity contribution is 5.94. The van der Waals surface area contributed by atoms with E-state index in [4.69, 9.17) is 0 Å². The normalized spacial score (nSPS) is 15.3. The van der Waals surface area contributed by atoms with Crippen molar-refractivity contribution >= 4 is 5.91 Å². The van der Waals surface area contributed by atoms with E-state index in [1.807, 2.05) is 48.2 Å². The molecule has 0 radical (unpaired) electrons. The lowest BCUT2D eigenvalue weighted by molar-refractivity contribution is 0.0734. The maximum Gasteiger partial charge on any atom is 0.254 e. The first kappa shape index (κ1) is 14.8. The van der Waals surface area contributed by atoms with E-state index in [0.717, 1.165) is 35.2 Å². The van der Waals surface area contributed by atoms with Crippen LogP contribution in [0.1, 0.15) is 45.6 Å². The summed E-state index contributed by atoms with van der Waals surface area (Å²) in [6.45, 7) is 5.14. The standard InChI is InChI=1S/C19H21NO2/c1-13-3-5-16(6-4-13)19(22)20-10-9-15-7-8-17(14(2)21)11-18(15)12-20/h3-8,11,14,21H,9-10,12H2,1-2H3. The molecule has 1 N–H and O–H groups in total. The van der Waals surface area contributed by atoms with Crippen LogP contribution in [0, 0.1) is 6.92 Å². The predicted octanol–water partition coefficient (Wildman–Crippen LogP) is 3.25. The summed E-state index contributed by atoms with van der Waals surface area (Å²) in [4.78, 5) is 14.5. The summed E-state index contributed by atoms with van der Waals surface area (Å²) in [6.07, 6.45) is 0.390. The van der Waals surface area contributed by atoms with Crippen LogP contribution in [0.2, 0.25) is 0 Å². The van der Waals surface area contributed by atoms with Gasteiger partial charge in [-0.3, -0.25) is 4.79 Å². The number of aryl methyl sites for hydroxylation is 1. The highest BCUT2D eigenvalue weighted by Gasteiger charge is 2.22. The summed E-state index contributed by atoms with van der Waals surface area (Å²) >= 11 is 0. The summed E-state index contributed by atoms with van der Waals surface area (Å²) in [6, 6.07) is 13.8. The molecule has 3 nitrogen and oxygen atoms in total. The number of hydrogen-bond acceptors (Lipinski definition) is 2. The summed E-state index contributed by atoms with van der Waals surface area (Å²) in [7, 11) is 0. The van der Waals surface area contributed by atoms with Crippen molar-refractivity contribution in [3.8, 4) is 0 Å². The monoisotopic (exact) mass is 295 g/mol. The number of benzene rings is 2. The third kappa shape index (κ3) is 2.90. The Morgan fingerprint density at radius 1 is 1.14 bits per heavy atom. The van der Waals surface area contributed by atoms with Crippen molar-refractivity contribution in [2.75, 3.05) is 6.54 Å². The molecule has 2 aromatic rings. The van der Waals surface area contributed by atoms with Gasteiger partial charge in [0.15, 0.2) is 0 Å². The van der Waals surface area contributed by atoms with Gasteiger partial charge in [0.1, 0.15) is 0 Å². The van der Waals surface area contributed by atoms with Crippen LogP contribution in [0.5, 0.6) is 0 Å². The van der Waals surface area contributed by atoms with E-state index in [0.29, 0.717) is 6.54 Å². The largest absolute Gasteiger partial charge is 0.389 e. The molecule has 1 aliphatic heterocycles. The van der Waals surface area contributed by atoms with Crippen LogP contribution in [-0.2, 0) is 13.0 Å². The Morgan fingerprint density at radius 2 is 1.86 bits per heavy atom. The first-order chi connectivity index (χ1) is 10.5. The molecule has 22 heavy (non-hydrogen) atoms. The highest BCUT2D eigenvalue weighted by Crippen LogP contribution is 2.24. The van der Waals surface area contributed by atoms with E-state index < -0.39 is 6.10 Å². The van der Waals surface area contributed by atoms with Crippen LogP contribution >= 0.6 is 0 Å². The van der Waals surface area contributed by atoms with Gasteiger partial charge >= 0.3 is 0 Å². The fraction of sp³-hybridized carbons (Fsp3) is 0.316. The number of aliphatic hydroxyl groups excluding tert-OH is 1. The number of rotatable bonds is 2. The van der Waals surface area contributed by atoms with E-state index in [-0.39, 0.29) is 5.91 Å². The average Bonchev–Trinajstić information content (AvgIpc) is 2.53. The molecule has 0 saturated carbocycles. The molecule has 1 heterocycles. The lowest BCUT2D eigenvalue weighted by Gasteiger charge is -2.29. The lowest BCUT2D eigenvalue weighted by atomic mass is 9.95. The van der Waals surface area contributed by atoms with Crippen molar-refractivity contribution in [1.82, 2.24) is 4.90 Å². The first-order valence-corrected chi connectivity index (χ1v) is 7.70. The van der Waals surface area contributed by atoms with Crippen LogP contribution in [0.15, 0.2) is 42.5 Å². The summed E-state index contributed by atoms with van der Waals surface area (Å²) < 4.78 is 0. The van der Waals surface area contributed by atoms with Crippen LogP contribution in [-0.4, -0.2) is 22.5 Å². The Bertz CT molecular complexity index is 689. The Hall–Kier alpha value is -2.13. The van der Waals surface area contributed by atoms with Gasteiger partial charge in [0.2, 0.25) is 0 Å². The number of carbonyl (C=O) groups excluding carboxylic acids is 1. The molecule has 1 amide bonds. The number of aliphatic hydroxyl groups is 1. The van der Waals surface area contributed by atoms with E-state index >= 15 is 0 Å². The van der Waals surface area contributed by atoms with Gasteiger partial charge in [0.25, 0.3) is 5.91 Å². The van der Waals surface area contributed by atoms with Crippen LogP contribution in [0.3, 0.4) is 0 Å². The van der Waals surface area contributed by atoms with Crippen molar-refractivity contribution < 1.29 is 9.90 Å². The van der Waals surface area contributed by atoms with E-state index in [1.165, 1.54) is 5.56 Å². The number of nitrogens with zero attached hydrogens (tertiary/aromatic N) is 1. The number of carbonyl (C=O) groups is 1. The van der Waals surface area contributed by atoms with Gasteiger partial charge in [-0.25, -0.2) is 0 Å². The highest BCUT2D eigenvalue weighted by atomic mass is 16.3. The average molecular weight is 295 g/mol. The van der Waals surface area contributed by atoms with Gasteiger partial charge in [-0.2, -0.15) is 0 Å². The smallest absolute Gasteiger partial charge is 0.254 e. The van der Waals surface area contributed by atoms with Gasteiger partial charge in [0, 0.05) is 18.7 Å². The van der Waals surface area contributed by atoms with Crippen molar-refractivity contribution in [1.29, 1.82) is 0 Å². The van der Waals surface area contributed by atoms with E-state index in [1.54, 1.807) is 6.92 Å². The van der Waals surface area contributed by atoms with E-state index in [2.05, 4.69) is 6.07 Å². The van der Waals surface area contributed by atoms with Crippen LogP contribution in [0.25, 0.3) is 0 Å². The van der Waals surface area contributed by atoms with Crippen LogP contribution in [0.4, 0.5) is 0 Å². The number of fused-ring (bicyclic) bond motifs is 1. The molecule has 0 spiro atoms. The summed E-state index contributed by atoms with van der Waals surface area (Å²) in [5, 5.41) is 9.72. The lowest BCUT2D eigenvalue weighted by Crippen LogP contribution is -2.36. The fourth-order valence-electron chi connectivity index (χ4n) is 2.89. The SMILES string of the molecule is Cc1ccc(C(=O)N2CCc3ccc(C(C)O)cc3C2)cc1. The number of amides is 1. The van der Waals surface area contributed by atoms with Gasteiger partial charge in [-0.05, 0) is 49.1 Å². The molecule has 2 aromatic carbocycles. The molecule has 0 aromatic heterocycles. The molecule has 0 aliphatic carbocycles. The third-order valence-corrected chi connectivity index (χ3v) is 4.31. The molecule has 1 atom stereocenters. The zero-order chi connectivity index (χ0) is 15.7. The Morgan fingerprint density at radius 3 is 2.55 bits per heavy atom. The molecule has 1 aliphatic rings. The zero-order valence-corrected chi connectivity index (χ0v) is 13.0. The van der Waals surface area contributed by atoms with Gasteiger partial charge < -0.3 is 10.0 Å². The third-order valence-electron chi connectivity index (χ3n) is 4.31. The molecule has 1 unspecified atom stereocenters. The second kappa shape index (κ2) is 5.93. The van der Waals surface area contributed by atoms with E-state index in [9.17, 15) is 9.90 Å². The first-order valence-electron chi connectivity index (χ1n) is 7.70. The molecule has 0 saturated heterocycles. The van der Waals surface area contributed by atoms with Gasteiger partial charge in [-0.1, -0.05) is 35.9 Å². The maximum atomic E-state index is 12.6. The molecular weight excluding hydrogens is 274 g/mol. The quantitative estimate of drug-likeness (QED) is 0.924. The van der Waals surface area contributed by atoms with Crippen molar-refractivity contribution in [3.63, 3.8) is 0 Å². The van der Waals surface area contributed by atoms with Crippen LogP contribution < -0.4 is 0 Å². The Labute approximate surface area is 131 Å². The van der Waals surface area contributed by atoms with Gasteiger partial charge in [-0.15, -0.1) is 0 Å². The summed E-state index contributed by atoms with van der Waals surface area (Å²) in [5.41, 5.74) is 5.22. The molecule has 0 fully saturated rings. The Kier molecular flexibility index (Phi) is 3.99. The molecule has 114 valence electrons. The van der Waals surface area contributed by atoms with Crippen molar-refractivity contribution in [3.05, 3.63) is 70.3 Å². The second-order valence-electron chi connectivity index (χ2n) is 6.05. The molecule has 3 heteroatoms. The Balaban J connectivity index is 1.82.